The Morgan fingerprint density at radius 2 is 1.85 bits per heavy atom. The first-order valence-electron chi connectivity index (χ1n) is 9.13. The van der Waals surface area contributed by atoms with E-state index in [0.717, 1.165) is 29.7 Å². The van der Waals surface area contributed by atoms with Gasteiger partial charge < -0.3 is 10.6 Å². The molecule has 0 aliphatic carbocycles. The first-order valence-corrected chi connectivity index (χ1v) is 10.9. The standard InChI is InChI=1S/C19H24N4O3S/c1-3-13-6-5-7-14(4-2)18(13)23-19(24)16-10-21-17(11-20-16)22-15-8-9-27(25,26)12-15/h5-7,10-11,15H,3-4,8-9,12H2,1-2H3,(H,21,22)(H,23,24). The zero-order valence-corrected chi connectivity index (χ0v) is 16.3. The fraction of sp³-hybridized carbons (Fsp3) is 0.421. The number of amides is 1. The number of hydrogen-bond acceptors (Lipinski definition) is 6. The van der Waals surface area contributed by atoms with Crippen LogP contribution in [0.4, 0.5) is 11.5 Å². The Kier molecular flexibility index (Phi) is 5.74. The molecule has 2 aromatic rings. The maximum atomic E-state index is 12.6. The lowest BCUT2D eigenvalue weighted by Crippen LogP contribution is -2.22. The lowest BCUT2D eigenvalue weighted by Gasteiger charge is -2.14. The van der Waals surface area contributed by atoms with Crippen molar-refractivity contribution in [3.05, 3.63) is 47.4 Å². The highest BCUT2D eigenvalue weighted by Crippen LogP contribution is 2.23. The Balaban J connectivity index is 1.70. The predicted octanol–water partition coefficient (Wildman–Crippen LogP) is 2.45. The number of anilines is 2. The van der Waals surface area contributed by atoms with Crippen LogP contribution in [-0.4, -0.2) is 41.8 Å². The van der Waals surface area contributed by atoms with E-state index < -0.39 is 9.84 Å². The summed E-state index contributed by atoms with van der Waals surface area (Å²) < 4.78 is 23.0. The van der Waals surface area contributed by atoms with Crippen molar-refractivity contribution in [2.24, 2.45) is 0 Å². The van der Waals surface area contributed by atoms with Crippen LogP contribution < -0.4 is 10.6 Å². The highest BCUT2D eigenvalue weighted by molar-refractivity contribution is 7.91. The van der Waals surface area contributed by atoms with E-state index in [1.807, 2.05) is 32.0 Å². The van der Waals surface area contributed by atoms with Crippen LogP contribution in [0.15, 0.2) is 30.6 Å². The summed E-state index contributed by atoms with van der Waals surface area (Å²) in [5.41, 5.74) is 3.22. The van der Waals surface area contributed by atoms with Gasteiger partial charge in [-0.25, -0.2) is 18.4 Å². The van der Waals surface area contributed by atoms with E-state index in [2.05, 4.69) is 20.6 Å². The van der Waals surface area contributed by atoms with Crippen molar-refractivity contribution in [1.29, 1.82) is 0 Å². The maximum Gasteiger partial charge on any atom is 0.275 e. The number of para-hydroxylation sites is 1. The number of carbonyl (C=O) groups is 1. The number of benzene rings is 1. The summed E-state index contributed by atoms with van der Waals surface area (Å²) in [6.07, 6.45) is 5.07. The molecule has 27 heavy (non-hydrogen) atoms. The van der Waals surface area contributed by atoms with Gasteiger partial charge in [-0.2, -0.15) is 0 Å². The van der Waals surface area contributed by atoms with Crippen molar-refractivity contribution in [2.75, 3.05) is 22.1 Å². The Bertz CT molecular complexity index is 904. The molecule has 0 radical (unpaired) electrons. The molecule has 0 saturated carbocycles. The highest BCUT2D eigenvalue weighted by Gasteiger charge is 2.28. The van der Waals surface area contributed by atoms with Gasteiger partial charge >= 0.3 is 0 Å². The summed E-state index contributed by atoms with van der Waals surface area (Å²) in [6, 6.07) is 5.84. The molecule has 1 aliphatic heterocycles. The van der Waals surface area contributed by atoms with E-state index >= 15 is 0 Å². The second kappa shape index (κ2) is 8.04. The van der Waals surface area contributed by atoms with Gasteiger partial charge in [-0.15, -0.1) is 0 Å². The van der Waals surface area contributed by atoms with E-state index in [9.17, 15) is 13.2 Å². The molecule has 1 amide bonds. The number of nitrogens with one attached hydrogen (secondary N) is 2. The Hall–Kier alpha value is -2.48. The minimum absolute atomic E-state index is 0.102. The van der Waals surface area contributed by atoms with Crippen molar-refractivity contribution in [3.8, 4) is 0 Å². The lowest BCUT2D eigenvalue weighted by atomic mass is 10.0. The van der Waals surface area contributed by atoms with Gasteiger partial charge in [0.25, 0.3) is 5.91 Å². The van der Waals surface area contributed by atoms with Crippen molar-refractivity contribution in [1.82, 2.24) is 9.97 Å². The fourth-order valence-electron chi connectivity index (χ4n) is 3.22. The molecular weight excluding hydrogens is 364 g/mol. The molecule has 1 aromatic heterocycles. The molecule has 7 nitrogen and oxygen atoms in total. The zero-order valence-electron chi connectivity index (χ0n) is 15.5. The molecule has 1 unspecified atom stereocenters. The lowest BCUT2D eigenvalue weighted by molar-refractivity contribution is 0.102. The predicted molar refractivity (Wildman–Crippen MR) is 106 cm³/mol. The third-order valence-electron chi connectivity index (χ3n) is 4.71. The number of sulfone groups is 1. The van der Waals surface area contributed by atoms with Gasteiger partial charge in [0.2, 0.25) is 0 Å². The van der Waals surface area contributed by atoms with E-state index in [-0.39, 0.29) is 29.1 Å². The maximum absolute atomic E-state index is 12.6. The Morgan fingerprint density at radius 3 is 2.37 bits per heavy atom. The van der Waals surface area contributed by atoms with Gasteiger partial charge in [-0.1, -0.05) is 32.0 Å². The molecule has 1 aromatic carbocycles. The number of aromatic nitrogens is 2. The normalized spacial score (nSPS) is 18.2. The molecule has 2 heterocycles. The second-order valence-corrected chi connectivity index (χ2v) is 8.87. The molecule has 0 spiro atoms. The van der Waals surface area contributed by atoms with Crippen LogP contribution in [-0.2, 0) is 22.7 Å². The number of nitrogens with zero attached hydrogens (tertiary/aromatic N) is 2. The van der Waals surface area contributed by atoms with Gasteiger partial charge in [0.05, 0.1) is 23.9 Å². The molecule has 1 fully saturated rings. The summed E-state index contributed by atoms with van der Waals surface area (Å²) in [7, 11) is -2.96. The Morgan fingerprint density at radius 1 is 1.15 bits per heavy atom. The summed E-state index contributed by atoms with van der Waals surface area (Å²) in [5.74, 6) is 0.449. The van der Waals surface area contributed by atoms with Crippen LogP contribution in [0, 0.1) is 0 Å². The summed E-state index contributed by atoms with van der Waals surface area (Å²) >= 11 is 0. The molecule has 144 valence electrons. The number of carbonyl (C=O) groups excluding carboxylic acids is 1. The second-order valence-electron chi connectivity index (χ2n) is 6.64. The molecule has 1 atom stereocenters. The summed E-state index contributed by atoms with van der Waals surface area (Å²) in [5, 5.41) is 6.02. The van der Waals surface area contributed by atoms with E-state index in [1.54, 1.807) is 0 Å². The van der Waals surface area contributed by atoms with Gasteiger partial charge in [0.15, 0.2) is 9.84 Å². The van der Waals surface area contributed by atoms with Crippen LogP contribution in [0.2, 0.25) is 0 Å². The minimum atomic E-state index is -2.96. The topological polar surface area (TPSA) is 101 Å². The molecule has 8 heteroatoms. The number of aryl methyl sites for hydroxylation is 2. The monoisotopic (exact) mass is 388 g/mol. The molecule has 0 bridgehead atoms. The van der Waals surface area contributed by atoms with E-state index in [0.29, 0.717) is 12.2 Å². The first kappa shape index (κ1) is 19.3. The first-order chi connectivity index (χ1) is 12.9. The summed E-state index contributed by atoms with van der Waals surface area (Å²) in [4.78, 5) is 21.0. The van der Waals surface area contributed by atoms with Crippen molar-refractivity contribution >= 4 is 27.2 Å². The number of hydrogen-bond donors (Lipinski definition) is 2. The van der Waals surface area contributed by atoms with Crippen LogP contribution in [0.5, 0.6) is 0 Å². The SMILES string of the molecule is CCc1cccc(CC)c1NC(=O)c1cnc(NC2CCS(=O)(=O)C2)cn1. The number of rotatable bonds is 6. The average molecular weight is 388 g/mol. The van der Waals surface area contributed by atoms with E-state index in [4.69, 9.17) is 0 Å². The largest absolute Gasteiger partial charge is 0.365 e. The van der Waals surface area contributed by atoms with Gasteiger partial charge in [0, 0.05) is 11.7 Å². The molecule has 3 rings (SSSR count). The minimum Gasteiger partial charge on any atom is -0.365 e. The molecule has 1 saturated heterocycles. The Labute approximate surface area is 159 Å². The fourth-order valence-corrected chi connectivity index (χ4v) is 4.89. The quantitative estimate of drug-likeness (QED) is 0.788. The van der Waals surface area contributed by atoms with Crippen LogP contribution in [0.25, 0.3) is 0 Å². The molecule has 1 aliphatic rings. The van der Waals surface area contributed by atoms with Crippen LogP contribution in [0.1, 0.15) is 41.9 Å². The summed E-state index contributed by atoms with van der Waals surface area (Å²) in [6.45, 7) is 4.10. The molecule has 2 N–H and O–H groups in total. The van der Waals surface area contributed by atoms with Crippen molar-refractivity contribution in [3.63, 3.8) is 0 Å². The zero-order chi connectivity index (χ0) is 19.4. The van der Waals surface area contributed by atoms with Crippen molar-refractivity contribution < 1.29 is 13.2 Å². The van der Waals surface area contributed by atoms with Gasteiger partial charge in [-0.3, -0.25) is 4.79 Å². The van der Waals surface area contributed by atoms with E-state index in [1.165, 1.54) is 12.4 Å². The van der Waals surface area contributed by atoms with Gasteiger partial charge in [-0.05, 0) is 30.4 Å². The highest BCUT2D eigenvalue weighted by atomic mass is 32.2. The van der Waals surface area contributed by atoms with Gasteiger partial charge in [0.1, 0.15) is 11.5 Å². The van der Waals surface area contributed by atoms with Crippen molar-refractivity contribution in [2.45, 2.75) is 39.2 Å². The smallest absolute Gasteiger partial charge is 0.275 e. The van der Waals surface area contributed by atoms with Crippen LogP contribution >= 0.6 is 0 Å². The molecular formula is C19H24N4O3S. The van der Waals surface area contributed by atoms with Crippen LogP contribution in [0.3, 0.4) is 0 Å². The average Bonchev–Trinajstić information content (AvgIpc) is 3.00. The third kappa shape index (κ3) is 4.63. The third-order valence-corrected chi connectivity index (χ3v) is 6.47.